The number of carbonyl (C=O) groups is 1. The van der Waals surface area contributed by atoms with E-state index in [0.717, 1.165) is 0 Å². The molecule has 1 amide bonds. The second-order valence-electron chi connectivity index (χ2n) is 4.99. The van der Waals surface area contributed by atoms with Crippen LogP contribution < -0.4 is 10.1 Å². The van der Waals surface area contributed by atoms with Crippen LogP contribution in [-0.2, 0) is 4.79 Å². The molecule has 0 aliphatic carbocycles. The molecule has 0 spiro atoms. The number of alkyl halides is 2. The Morgan fingerprint density at radius 1 is 1.15 bits per heavy atom. The van der Waals surface area contributed by atoms with E-state index < -0.39 is 12.5 Å². The van der Waals surface area contributed by atoms with E-state index >= 15 is 0 Å². The van der Waals surface area contributed by atoms with Gasteiger partial charge in [-0.3, -0.25) is 15.1 Å². The number of nitrogens with zero attached hydrogens (tertiary/aromatic N) is 2. The minimum Gasteiger partial charge on any atom is -0.434 e. The summed E-state index contributed by atoms with van der Waals surface area (Å²) in [4.78, 5) is 20.5. The van der Waals surface area contributed by atoms with E-state index in [-0.39, 0.29) is 5.75 Å². The van der Waals surface area contributed by atoms with Crippen LogP contribution in [0.25, 0.3) is 17.5 Å². The maximum absolute atomic E-state index is 12.4. The van der Waals surface area contributed by atoms with Crippen molar-refractivity contribution in [3.05, 3.63) is 65.7 Å². The van der Waals surface area contributed by atoms with Crippen LogP contribution in [0.15, 0.2) is 60.1 Å². The lowest BCUT2D eigenvalue weighted by molar-refractivity contribution is -0.111. The standard InChI is InChI=1S/C18H13F2N3O2S/c19-17(20)25-15-7-2-1-5-12(15)8-9-16(24)23-18-22-14(11-26-18)13-6-3-4-10-21-13/h1-11,17H,(H,22,23,24)/b9-8+. The molecule has 0 aliphatic rings. The summed E-state index contributed by atoms with van der Waals surface area (Å²) in [7, 11) is 0. The number of hydrogen-bond donors (Lipinski definition) is 1. The maximum atomic E-state index is 12.4. The third-order valence-corrected chi connectivity index (χ3v) is 3.97. The lowest BCUT2D eigenvalue weighted by Gasteiger charge is -2.07. The molecule has 1 N–H and O–H groups in total. The minimum absolute atomic E-state index is 0.00163. The van der Waals surface area contributed by atoms with Crippen LogP contribution in [0, 0.1) is 0 Å². The zero-order chi connectivity index (χ0) is 18.4. The number of carbonyl (C=O) groups excluding carboxylic acids is 1. The number of halogens is 2. The minimum atomic E-state index is -2.93. The Kier molecular flexibility index (Phi) is 5.65. The number of hydrogen-bond acceptors (Lipinski definition) is 5. The zero-order valence-corrected chi connectivity index (χ0v) is 14.1. The fraction of sp³-hybridized carbons (Fsp3) is 0.0556. The molecule has 5 nitrogen and oxygen atoms in total. The second-order valence-corrected chi connectivity index (χ2v) is 5.85. The number of pyridine rings is 1. The molecule has 3 rings (SSSR count). The van der Waals surface area contributed by atoms with Gasteiger partial charge in [0.1, 0.15) is 11.4 Å². The van der Waals surface area contributed by atoms with Gasteiger partial charge in [0, 0.05) is 23.2 Å². The quantitative estimate of drug-likeness (QED) is 0.648. The summed E-state index contributed by atoms with van der Waals surface area (Å²) in [6, 6.07) is 11.7. The van der Waals surface area contributed by atoms with Crippen LogP contribution >= 0.6 is 11.3 Å². The highest BCUT2D eigenvalue weighted by molar-refractivity contribution is 7.14. The Hall–Kier alpha value is -3.13. The number of rotatable bonds is 6. The zero-order valence-electron chi connectivity index (χ0n) is 13.3. The monoisotopic (exact) mass is 373 g/mol. The molecule has 0 aliphatic heterocycles. The molecule has 0 unspecified atom stereocenters. The van der Waals surface area contributed by atoms with Crippen molar-refractivity contribution in [3.8, 4) is 17.1 Å². The predicted molar refractivity (Wildman–Crippen MR) is 96.1 cm³/mol. The first kappa shape index (κ1) is 17.7. The molecule has 0 atom stereocenters. The van der Waals surface area contributed by atoms with Gasteiger partial charge in [0.25, 0.3) is 0 Å². The van der Waals surface area contributed by atoms with Crippen LogP contribution in [0.5, 0.6) is 5.75 Å². The van der Waals surface area contributed by atoms with Crippen molar-refractivity contribution < 1.29 is 18.3 Å². The molecule has 26 heavy (non-hydrogen) atoms. The highest BCUT2D eigenvalue weighted by Gasteiger charge is 2.09. The number of para-hydroxylation sites is 1. The van der Waals surface area contributed by atoms with Gasteiger partial charge in [0.05, 0.1) is 5.69 Å². The highest BCUT2D eigenvalue weighted by Crippen LogP contribution is 2.24. The topological polar surface area (TPSA) is 64.1 Å². The third kappa shape index (κ3) is 4.70. The van der Waals surface area contributed by atoms with Gasteiger partial charge in [-0.1, -0.05) is 24.3 Å². The van der Waals surface area contributed by atoms with Crippen LogP contribution in [0.3, 0.4) is 0 Å². The van der Waals surface area contributed by atoms with Gasteiger partial charge >= 0.3 is 6.61 Å². The van der Waals surface area contributed by atoms with E-state index in [1.54, 1.807) is 35.8 Å². The van der Waals surface area contributed by atoms with Crippen molar-refractivity contribution in [2.75, 3.05) is 5.32 Å². The van der Waals surface area contributed by atoms with Gasteiger partial charge in [-0.2, -0.15) is 8.78 Å². The van der Waals surface area contributed by atoms with Gasteiger partial charge < -0.3 is 4.74 Å². The van der Waals surface area contributed by atoms with Gasteiger partial charge in [-0.25, -0.2) is 4.98 Å². The molecule has 2 aromatic heterocycles. The Morgan fingerprint density at radius 3 is 2.73 bits per heavy atom. The van der Waals surface area contributed by atoms with Crippen molar-refractivity contribution in [2.45, 2.75) is 6.61 Å². The van der Waals surface area contributed by atoms with Gasteiger partial charge in [-0.15, -0.1) is 11.3 Å². The van der Waals surface area contributed by atoms with Crippen molar-refractivity contribution in [1.29, 1.82) is 0 Å². The number of ether oxygens (including phenoxy) is 1. The Labute approximate surface area is 152 Å². The first-order chi connectivity index (χ1) is 12.6. The van der Waals surface area contributed by atoms with Crippen molar-refractivity contribution in [1.82, 2.24) is 9.97 Å². The van der Waals surface area contributed by atoms with Crippen LogP contribution in [0.2, 0.25) is 0 Å². The third-order valence-electron chi connectivity index (χ3n) is 3.21. The van der Waals surface area contributed by atoms with Crippen LogP contribution in [0.4, 0.5) is 13.9 Å². The molecule has 132 valence electrons. The Balaban J connectivity index is 1.66. The van der Waals surface area contributed by atoms with Crippen LogP contribution in [0.1, 0.15) is 5.56 Å². The van der Waals surface area contributed by atoms with Crippen molar-refractivity contribution in [3.63, 3.8) is 0 Å². The number of anilines is 1. The average molecular weight is 373 g/mol. The summed E-state index contributed by atoms with van der Waals surface area (Å²) in [5.74, 6) is -0.433. The first-order valence-corrected chi connectivity index (χ1v) is 8.39. The number of benzene rings is 1. The summed E-state index contributed by atoms with van der Waals surface area (Å²) in [6.45, 7) is -2.93. The Morgan fingerprint density at radius 2 is 1.96 bits per heavy atom. The summed E-state index contributed by atoms with van der Waals surface area (Å²) in [5, 5.41) is 4.83. The molecule has 0 saturated carbocycles. The van der Waals surface area contributed by atoms with E-state index in [2.05, 4.69) is 20.0 Å². The van der Waals surface area contributed by atoms with Crippen molar-refractivity contribution >= 4 is 28.5 Å². The largest absolute Gasteiger partial charge is 0.434 e. The van der Waals surface area contributed by atoms with E-state index in [1.807, 2.05) is 12.1 Å². The van der Waals surface area contributed by atoms with Crippen LogP contribution in [-0.4, -0.2) is 22.5 Å². The molecule has 0 saturated heterocycles. The molecule has 2 heterocycles. The van der Waals surface area contributed by atoms with Gasteiger partial charge in [-0.05, 0) is 24.3 Å². The van der Waals surface area contributed by atoms with E-state index in [9.17, 15) is 13.6 Å². The van der Waals surface area contributed by atoms with Gasteiger partial charge in [0.2, 0.25) is 5.91 Å². The number of aromatic nitrogens is 2. The second kappa shape index (κ2) is 8.30. The molecule has 1 aromatic carbocycles. The molecule has 8 heteroatoms. The molecular formula is C18H13F2N3O2S. The lowest BCUT2D eigenvalue weighted by Crippen LogP contribution is -2.07. The number of thiazole rings is 1. The SMILES string of the molecule is O=C(/C=C/c1ccccc1OC(F)F)Nc1nc(-c2ccccn2)cs1. The molecule has 0 fully saturated rings. The van der Waals surface area contributed by atoms with Crippen molar-refractivity contribution in [2.24, 2.45) is 0 Å². The molecule has 0 bridgehead atoms. The predicted octanol–water partition coefficient (Wildman–Crippen LogP) is 4.46. The lowest BCUT2D eigenvalue weighted by atomic mass is 10.2. The molecule has 0 radical (unpaired) electrons. The Bertz CT molecular complexity index is 914. The fourth-order valence-electron chi connectivity index (χ4n) is 2.10. The van der Waals surface area contributed by atoms with E-state index in [0.29, 0.717) is 22.1 Å². The fourth-order valence-corrected chi connectivity index (χ4v) is 2.80. The molecular weight excluding hydrogens is 360 g/mol. The smallest absolute Gasteiger partial charge is 0.387 e. The normalized spacial score (nSPS) is 11.0. The van der Waals surface area contributed by atoms with Gasteiger partial charge in [0.15, 0.2) is 5.13 Å². The summed E-state index contributed by atoms with van der Waals surface area (Å²) in [5.41, 5.74) is 1.74. The van der Waals surface area contributed by atoms with E-state index in [4.69, 9.17) is 0 Å². The first-order valence-electron chi connectivity index (χ1n) is 7.51. The summed E-state index contributed by atoms with van der Waals surface area (Å²) >= 11 is 1.27. The number of nitrogens with one attached hydrogen (secondary N) is 1. The summed E-state index contributed by atoms with van der Waals surface area (Å²) < 4.78 is 29.2. The van der Waals surface area contributed by atoms with E-state index in [1.165, 1.54) is 29.6 Å². The highest BCUT2D eigenvalue weighted by atomic mass is 32.1. The molecule has 3 aromatic rings. The average Bonchev–Trinajstić information content (AvgIpc) is 3.10. The maximum Gasteiger partial charge on any atom is 0.387 e. The number of amides is 1. The summed E-state index contributed by atoms with van der Waals surface area (Å²) in [6.07, 6.45) is 4.30.